The van der Waals surface area contributed by atoms with Gasteiger partial charge in [-0.25, -0.2) is 0 Å². The van der Waals surface area contributed by atoms with Crippen molar-refractivity contribution >= 4 is 0 Å². The summed E-state index contributed by atoms with van der Waals surface area (Å²) in [7, 11) is 0. The topological polar surface area (TPSA) is 30.5 Å². The van der Waals surface area contributed by atoms with Crippen molar-refractivity contribution in [2.75, 3.05) is 19.8 Å². The van der Waals surface area contributed by atoms with Crippen molar-refractivity contribution in [1.82, 2.24) is 5.32 Å². The van der Waals surface area contributed by atoms with E-state index in [2.05, 4.69) is 36.5 Å². The zero-order valence-corrected chi connectivity index (χ0v) is 13.3. The Hall–Kier alpha value is -1.06. The number of hydrogen-bond acceptors (Lipinski definition) is 3. The van der Waals surface area contributed by atoms with E-state index in [1.165, 1.54) is 31.2 Å². The summed E-state index contributed by atoms with van der Waals surface area (Å²) >= 11 is 0. The summed E-state index contributed by atoms with van der Waals surface area (Å²) in [4.78, 5) is 0. The molecule has 1 aliphatic heterocycles. The average molecular weight is 291 g/mol. The molecule has 118 valence electrons. The van der Waals surface area contributed by atoms with Gasteiger partial charge in [0, 0.05) is 13.2 Å². The molecule has 0 bridgehead atoms. The molecule has 0 spiro atoms. The van der Waals surface area contributed by atoms with E-state index >= 15 is 0 Å². The summed E-state index contributed by atoms with van der Waals surface area (Å²) in [6, 6.07) is 8.42. The molecule has 3 heteroatoms. The van der Waals surface area contributed by atoms with Crippen molar-refractivity contribution in [2.24, 2.45) is 0 Å². The summed E-state index contributed by atoms with van der Waals surface area (Å²) in [6.45, 7) is 5.89. The van der Waals surface area contributed by atoms with Crippen LogP contribution in [0.4, 0.5) is 0 Å². The van der Waals surface area contributed by atoms with Crippen molar-refractivity contribution in [3.05, 3.63) is 29.8 Å². The van der Waals surface area contributed by atoms with E-state index in [9.17, 15) is 0 Å². The van der Waals surface area contributed by atoms with Gasteiger partial charge in [0.15, 0.2) is 0 Å². The van der Waals surface area contributed by atoms with Gasteiger partial charge in [-0.05, 0) is 56.3 Å². The molecule has 0 aromatic heterocycles. The fourth-order valence-corrected chi connectivity index (χ4v) is 2.57. The SMILES string of the molecule is CCCCOc1ccc(CNCCC2CCCCO2)cc1. The van der Waals surface area contributed by atoms with Crippen LogP contribution in [0.2, 0.25) is 0 Å². The third-order valence-electron chi connectivity index (χ3n) is 3.94. The molecule has 21 heavy (non-hydrogen) atoms. The molecule has 1 heterocycles. The van der Waals surface area contributed by atoms with Crippen LogP contribution in [-0.4, -0.2) is 25.9 Å². The van der Waals surface area contributed by atoms with Crippen molar-refractivity contribution in [2.45, 2.75) is 58.1 Å². The second-order valence-corrected chi connectivity index (χ2v) is 5.80. The van der Waals surface area contributed by atoms with E-state index in [1.54, 1.807) is 0 Å². The minimum Gasteiger partial charge on any atom is -0.494 e. The van der Waals surface area contributed by atoms with Gasteiger partial charge in [-0.15, -0.1) is 0 Å². The first-order valence-electron chi connectivity index (χ1n) is 8.42. The molecule has 1 aliphatic rings. The lowest BCUT2D eigenvalue weighted by molar-refractivity contribution is 0.0115. The second kappa shape index (κ2) is 9.80. The summed E-state index contributed by atoms with van der Waals surface area (Å²) in [5.41, 5.74) is 1.31. The highest BCUT2D eigenvalue weighted by Gasteiger charge is 2.12. The molecule has 1 atom stereocenters. The monoisotopic (exact) mass is 291 g/mol. The van der Waals surface area contributed by atoms with Crippen LogP contribution in [0.1, 0.15) is 51.0 Å². The smallest absolute Gasteiger partial charge is 0.119 e. The molecule has 1 aromatic carbocycles. The largest absolute Gasteiger partial charge is 0.494 e. The standard InChI is InChI=1S/C18H29NO2/c1-2-3-13-20-18-9-7-16(8-10-18)15-19-12-11-17-6-4-5-14-21-17/h7-10,17,19H,2-6,11-15H2,1H3. The first-order chi connectivity index (χ1) is 10.4. The lowest BCUT2D eigenvalue weighted by atomic mass is 10.1. The van der Waals surface area contributed by atoms with Crippen LogP contribution >= 0.6 is 0 Å². The van der Waals surface area contributed by atoms with Crippen LogP contribution < -0.4 is 10.1 Å². The van der Waals surface area contributed by atoms with Gasteiger partial charge in [-0.3, -0.25) is 0 Å². The Morgan fingerprint density at radius 2 is 2.10 bits per heavy atom. The summed E-state index contributed by atoms with van der Waals surface area (Å²) in [5, 5.41) is 3.50. The highest BCUT2D eigenvalue weighted by molar-refractivity contribution is 5.27. The number of benzene rings is 1. The molecule has 0 aliphatic carbocycles. The Kier molecular flexibility index (Phi) is 7.61. The minimum absolute atomic E-state index is 0.473. The zero-order chi connectivity index (χ0) is 14.8. The molecule has 0 saturated carbocycles. The molecule has 1 unspecified atom stereocenters. The second-order valence-electron chi connectivity index (χ2n) is 5.80. The molecular weight excluding hydrogens is 262 g/mol. The maximum absolute atomic E-state index is 5.74. The van der Waals surface area contributed by atoms with E-state index in [0.717, 1.165) is 44.9 Å². The van der Waals surface area contributed by atoms with Crippen LogP contribution in [0.5, 0.6) is 5.75 Å². The van der Waals surface area contributed by atoms with Gasteiger partial charge in [-0.1, -0.05) is 25.5 Å². The molecule has 1 aromatic rings. The molecule has 0 amide bonds. The van der Waals surface area contributed by atoms with Crippen molar-refractivity contribution < 1.29 is 9.47 Å². The lowest BCUT2D eigenvalue weighted by Crippen LogP contribution is -2.25. The Morgan fingerprint density at radius 1 is 1.24 bits per heavy atom. The highest BCUT2D eigenvalue weighted by Crippen LogP contribution is 2.15. The number of ether oxygens (including phenoxy) is 2. The first-order valence-corrected chi connectivity index (χ1v) is 8.42. The van der Waals surface area contributed by atoms with Crippen molar-refractivity contribution in [1.29, 1.82) is 0 Å². The molecule has 3 nitrogen and oxygen atoms in total. The maximum atomic E-state index is 5.74. The molecule has 2 rings (SSSR count). The van der Waals surface area contributed by atoms with Gasteiger partial charge in [0.05, 0.1) is 12.7 Å². The fourth-order valence-electron chi connectivity index (χ4n) is 2.57. The number of unbranched alkanes of at least 4 members (excludes halogenated alkanes) is 1. The Morgan fingerprint density at radius 3 is 2.81 bits per heavy atom. The van der Waals surface area contributed by atoms with Gasteiger partial charge >= 0.3 is 0 Å². The van der Waals surface area contributed by atoms with Crippen LogP contribution in [-0.2, 0) is 11.3 Å². The molecule has 1 fully saturated rings. The van der Waals surface area contributed by atoms with E-state index in [0.29, 0.717) is 6.10 Å². The molecule has 0 radical (unpaired) electrons. The maximum Gasteiger partial charge on any atom is 0.119 e. The molecule has 1 N–H and O–H groups in total. The van der Waals surface area contributed by atoms with E-state index in [1.807, 2.05) is 0 Å². The van der Waals surface area contributed by atoms with E-state index in [-0.39, 0.29) is 0 Å². The number of nitrogens with one attached hydrogen (secondary N) is 1. The van der Waals surface area contributed by atoms with Gasteiger partial charge in [0.25, 0.3) is 0 Å². The van der Waals surface area contributed by atoms with Crippen LogP contribution in [0, 0.1) is 0 Å². The molecular formula is C18H29NO2. The summed E-state index contributed by atoms with van der Waals surface area (Å²) in [5.74, 6) is 0.975. The fraction of sp³-hybridized carbons (Fsp3) is 0.667. The van der Waals surface area contributed by atoms with E-state index < -0.39 is 0 Å². The van der Waals surface area contributed by atoms with Gasteiger partial charge < -0.3 is 14.8 Å². The van der Waals surface area contributed by atoms with Gasteiger partial charge in [0.2, 0.25) is 0 Å². The third-order valence-corrected chi connectivity index (χ3v) is 3.94. The van der Waals surface area contributed by atoms with Crippen LogP contribution in [0.3, 0.4) is 0 Å². The minimum atomic E-state index is 0.473. The van der Waals surface area contributed by atoms with Gasteiger partial charge in [-0.2, -0.15) is 0 Å². The predicted molar refractivity (Wildman–Crippen MR) is 86.8 cm³/mol. The van der Waals surface area contributed by atoms with Crippen molar-refractivity contribution in [3.8, 4) is 5.75 Å². The first kappa shape index (κ1) is 16.3. The quantitative estimate of drug-likeness (QED) is 0.700. The Bertz CT molecular complexity index is 371. The zero-order valence-electron chi connectivity index (χ0n) is 13.3. The number of rotatable bonds is 9. The average Bonchev–Trinajstić information content (AvgIpc) is 2.54. The highest BCUT2D eigenvalue weighted by atomic mass is 16.5. The third kappa shape index (κ3) is 6.49. The van der Waals surface area contributed by atoms with Crippen molar-refractivity contribution in [3.63, 3.8) is 0 Å². The predicted octanol–water partition coefficient (Wildman–Crippen LogP) is 3.91. The molecule has 1 saturated heterocycles. The van der Waals surface area contributed by atoms with Gasteiger partial charge in [0.1, 0.15) is 5.75 Å². The van der Waals surface area contributed by atoms with Crippen LogP contribution in [0.15, 0.2) is 24.3 Å². The summed E-state index contributed by atoms with van der Waals surface area (Å²) in [6.07, 6.45) is 7.67. The van der Waals surface area contributed by atoms with E-state index in [4.69, 9.17) is 9.47 Å². The van der Waals surface area contributed by atoms with Crippen LogP contribution in [0.25, 0.3) is 0 Å². The number of hydrogen-bond donors (Lipinski definition) is 1. The Labute approximate surface area is 129 Å². The summed E-state index contributed by atoms with van der Waals surface area (Å²) < 4.78 is 11.4. The lowest BCUT2D eigenvalue weighted by Gasteiger charge is -2.22. The Balaban J connectivity index is 1.59. The normalized spacial score (nSPS) is 18.6.